The number of hydrogen-bond acceptors (Lipinski definition) is 12. The van der Waals surface area contributed by atoms with Crippen molar-refractivity contribution in [3.8, 4) is 0 Å². The van der Waals surface area contributed by atoms with Gasteiger partial charge in [-0.25, -0.2) is 0 Å². The van der Waals surface area contributed by atoms with Crippen LogP contribution < -0.4 is 16.0 Å². The summed E-state index contributed by atoms with van der Waals surface area (Å²) in [4.78, 5) is 182. The Balaban J connectivity index is 1.48. The molecule has 0 bridgehead atoms. The van der Waals surface area contributed by atoms with Gasteiger partial charge in [0.25, 0.3) is 0 Å². The smallest absolute Gasteiger partial charge is 0.248 e. The first-order valence-electron chi connectivity index (χ1n) is 29.9. The molecule has 24 heteroatoms. The standard InChI is InChI=1S/C58H96N12O12/c1-12-39(4)51-56(81)64(7)35-48(74)62(5)36-49(75)67(10)43(31-40-22-15-13-16-23-40)54(79)63(6)34-45(71)59-33-47(73)70-29-21-24-41(70)53(78)61-58(25-17-18-26-58)57(82)65(8)37-50(76)68(11)44(55(80)69-27-19-14-20-28-69)32-46(72)66(9)42(30-38(2)3)52(77)60-51/h38-44,51H,12-37H2,1-11H3,(H,59,71)(H,60,77)(H,61,78)/t39-,41?,42?,43?,44?,51?/m0/s1. The second-order valence-electron chi connectivity index (χ2n) is 24.5. The van der Waals surface area contributed by atoms with Crippen molar-refractivity contribution < 1.29 is 57.5 Å². The van der Waals surface area contributed by atoms with Crippen LogP contribution in [-0.2, 0) is 57.5 Å². The van der Waals surface area contributed by atoms with Gasteiger partial charge in [0, 0.05) is 69.0 Å². The zero-order valence-corrected chi connectivity index (χ0v) is 50.9. The van der Waals surface area contributed by atoms with Crippen molar-refractivity contribution in [1.82, 2.24) is 60.0 Å². The number of fused-ring (bicyclic) bond motifs is 1. The van der Waals surface area contributed by atoms with Crippen LogP contribution in [0.4, 0.5) is 0 Å². The third-order valence-corrected chi connectivity index (χ3v) is 17.8. The van der Waals surface area contributed by atoms with Gasteiger partial charge in [-0.3, -0.25) is 57.5 Å². The zero-order chi connectivity index (χ0) is 60.7. The minimum atomic E-state index is -1.41. The number of nitrogens with zero attached hydrogens (tertiary/aromatic N) is 9. The topological polar surface area (TPSA) is 270 Å². The highest BCUT2D eigenvalue weighted by atomic mass is 16.2. The van der Waals surface area contributed by atoms with Crippen molar-refractivity contribution >= 4 is 70.9 Å². The fourth-order valence-corrected chi connectivity index (χ4v) is 12.2. The fraction of sp³-hybridized carbons (Fsp3) is 0.793. The van der Waals surface area contributed by atoms with Gasteiger partial charge in [0.15, 0.2) is 0 Å². The summed E-state index contributed by atoms with van der Waals surface area (Å²) >= 11 is 0. The average Bonchev–Trinajstić information content (AvgIpc) is 4.31. The summed E-state index contributed by atoms with van der Waals surface area (Å²) in [5, 5.41) is 8.46. The van der Waals surface area contributed by atoms with Crippen molar-refractivity contribution in [3.05, 3.63) is 0 Å². The van der Waals surface area contributed by atoms with Gasteiger partial charge in [0.05, 0.1) is 39.1 Å². The van der Waals surface area contributed by atoms with Crippen LogP contribution in [0, 0.1) is 17.8 Å². The van der Waals surface area contributed by atoms with E-state index in [9.17, 15) is 57.5 Å². The Hall–Kier alpha value is -6.36. The lowest BCUT2D eigenvalue weighted by Gasteiger charge is -2.38. The van der Waals surface area contributed by atoms with Gasteiger partial charge >= 0.3 is 0 Å². The van der Waals surface area contributed by atoms with Crippen LogP contribution >= 0.6 is 0 Å². The number of hydrogen-bond donors (Lipinski definition) is 3. The Morgan fingerprint density at radius 2 is 1.15 bits per heavy atom. The summed E-state index contributed by atoms with van der Waals surface area (Å²) in [7, 11) is 10.0. The molecule has 1 spiro atoms. The van der Waals surface area contributed by atoms with E-state index in [1.807, 2.05) is 20.8 Å². The quantitative estimate of drug-likeness (QED) is 0.320. The summed E-state index contributed by atoms with van der Waals surface area (Å²) in [5.41, 5.74) is -1.41. The van der Waals surface area contributed by atoms with Gasteiger partial charge in [-0.1, -0.05) is 79.1 Å². The van der Waals surface area contributed by atoms with E-state index in [1.165, 1.54) is 83.6 Å². The van der Waals surface area contributed by atoms with Crippen LogP contribution in [0.25, 0.3) is 0 Å². The van der Waals surface area contributed by atoms with E-state index in [0.29, 0.717) is 51.6 Å². The molecule has 0 radical (unpaired) electrons. The number of likely N-dealkylation sites (N-methyl/N-ethyl adjacent to an activating group) is 7. The lowest BCUT2D eigenvalue weighted by Crippen LogP contribution is -2.62. The number of piperidine rings is 1. The predicted octanol–water partition coefficient (Wildman–Crippen LogP) is 0.801. The second kappa shape index (κ2) is 30.3. The van der Waals surface area contributed by atoms with Crippen LogP contribution in [0.2, 0.25) is 0 Å². The lowest BCUT2D eigenvalue weighted by atomic mass is 9.84. The van der Waals surface area contributed by atoms with E-state index in [-0.39, 0.29) is 37.6 Å². The highest BCUT2D eigenvalue weighted by Gasteiger charge is 2.48. The molecule has 460 valence electrons. The SMILES string of the molecule is CC[C@H](C)C1NC(=O)C(CC(C)C)N(C)C(=O)CC(C(=O)N2CCCCC2)N(C)C(=O)CN(C)C(=O)C2(CCCC2)NC(=O)C2CCCN2C(=O)CNC(=O)CN(C)C(=O)C(CC2CCCCC2)N(C)C(=O)CN(C)C(=O)CN(C)C1=O. The van der Waals surface area contributed by atoms with Gasteiger partial charge in [0.2, 0.25) is 70.9 Å². The molecule has 3 aliphatic heterocycles. The highest BCUT2D eigenvalue weighted by Crippen LogP contribution is 2.33. The Morgan fingerprint density at radius 3 is 1.77 bits per heavy atom. The van der Waals surface area contributed by atoms with Crippen molar-refractivity contribution in [2.45, 2.75) is 179 Å². The summed E-state index contributed by atoms with van der Waals surface area (Å²) in [6.45, 7) is 6.06. The first kappa shape index (κ1) is 66.4. The Morgan fingerprint density at radius 1 is 0.573 bits per heavy atom. The number of rotatable bonds is 7. The molecule has 2 saturated carbocycles. The van der Waals surface area contributed by atoms with E-state index in [1.54, 1.807) is 11.8 Å². The van der Waals surface area contributed by atoms with Gasteiger partial charge in [-0.2, -0.15) is 0 Å². The van der Waals surface area contributed by atoms with Crippen LogP contribution in [0.15, 0.2) is 0 Å². The van der Waals surface area contributed by atoms with Gasteiger partial charge in [-0.05, 0) is 75.5 Å². The summed E-state index contributed by atoms with van der Waals surface area (Å²) in [6, 6.07) is -5.57. The van der Waals surface area contributed by atoms with Crippen LogP contribution in [0.1, 0.15) is 143 Å². The summed E-state index contributed by atoms with van der Waals surface area (Å²) in [5.74, 6) is -7.38. The average molecular weight is 1150 g/mol. The van der Waals surface area contributed by atoms with Crippen molar-refractivity contribution in [2.75, 3.05) is 102 Å². The summed E-state index contributed by atoms with van der Waals surface area (Å²) < 4.78 is 0. The van der Waals surface area contributed by atoms with Gasteiger partial charge in [0.1, 0.15) is 35.7 Å². The number of carbonyl (C=O) groups excluding carboxylic acids is 12. The van der Waals surface area contributed by atoms with Crippen molar-refractivity contribution in [3.63, 3.8) is 0 Å². The second-order valence-corrected chi connectivity index (χ2v) is 24.5. The molecule has 2 aliphatic carbocycles. The van der Waals surface area contributed by atoms with Gasteiger partial charge < -0.3 is 60.0 Å². The molecule has 6 atom stereocenters. The maximum atomic E-state index is 14.6. The fourth-order valence-electron chi connectivity index (χ4n) is 12.2. The molecule has 82 heavy (non-hydrogen) atoms. The Kier molecular flexibility index (Phi) is 24.5. The molecule has 3 saturated heterocycles. The number of carbonyl (C=O) groups is 12. The molecular weight excluding hydrogens is 1060 g/mol. The van der Waals surface area contributed by atoms with Crippen LogP contribution in [0.3, 0.4) is 0 Å². The van der Waals surface area contributed by atoms with Crippen molar-refractivity contribution in [1.29, 1.82) is 0 Å². The predicted molar refractivity (Wildman–Crippen MR) is 304 cm³/mol. The van der Waals surface area contributed by atoms with E-state index in [2.05, 4.69) is 16.0 Å². The van der Waals surface area contributed by atoms with E-state index < -0.39 is 152 Å². The Bertz CT molecular complexity index is 2330. The number of likely N-dealkylation sites (tertiary alicyclic amines) is 1. The third kappa shape index (κ3) is 17.1. The normalized spacial score (nSPS) is 26.9. The highest BCUT2D eigenvalue weighted by molar-refractivity contribution is 5.99. The molecule has 5 fully saturated rings. The molecule has 0 aromatic heterocycles. The monoisotopic (exact) mass is 1150 g/mol. The number of nitrogens with one attached hydrogen (secondary N) is 3. The molecule has 5 rings (SSSR count). The zero-order valence-electron chi connectivity index (χ0n) is 50.9. The maximum absolute atomic E-state index is 14.6. The van der Waals surface area contributed by atoms with Crippen molar-refractivity contribution in [2.24, 2.45) is 17.8 Å². The molecule has 24 nitrogen and oxygen atoms in total. The third-order valence-electron chi connectivity index (χ3n) is 17.8. The molecule has 3 N–H and O–H groups in total. The first-order valence-corrected chi connectivity index (χ1v) is 29.9. The molecule has 12 amide bonds. The Labute approximate surface area is 485 Å². The molecule has 0 aromatic carbocycles. The molecular formula is C58H96N12O12. The minimum absolute atomic E-state index is 0.120. The van der Waals surface area contributed by atoms with Crippen LogP contribution in [0.5, 0.6) is 0 Å². The molecule has 3 heterocycles. The minimum Gasteiger partial charge on any atom is -0.345 e. The van der Waals surface area contributed by atoms with E-state index >= 15 is 0 Å². The molecule has 5 aliphatic rings. The molecule has 5 unspecified atom stereocenters. The first-order chi connectivity index (χ1) is 38.7. The maximum Gasteiger partial charge on any atom is 0.248 e. The van der Waals surface area contributed by atoms with Gasteiger partial charge in [-0.15, -0.1) is 0 Å². The van der Waals surface area contributed by atoms with E-state index in [0.717, 1.165) is 56.3 Å². The number of amides is 12. The van der Waals surface area contributed by atoms with E-state index in [4.69, 9.17) is 0 Å². The molecule has 0 aromatic rings. The summed E-state index contributed by atoms with van der Waals surface area (Å²) in [6.07, 6.45) is 9.97. The largest absolute Gasteiger partial charge is 0.345 e. The van der Waals surface area contributed by atoms with Crippen LogP contribution in [-0.4, -0.2) is 252 Å². The lowest BCUT2D eigenvalue weighted by molar-refractivity contribution is -0.152.